The zero-order chi connectivity index (χ0) is 11.1. The highest BCUT2D eigenvalue weighted by molar-refractivity contribution is 5.18. The lowest BCUT2D eigenvalue weighted by atomic mass is 10.0. The van der Waals surface area contributed by atoms with Crippen LogP contribution in [0, 0.1) is 0 Å². The lowest BCUT2D eigenvalue weighted by Crippen LogP contribution is -2.22. The van der Waals surface area contributed by atoms with E-state index in [-0.39, 0.29) is 5.54 Å². The van der Waals surface area contributed by atoms with Crippen molar-refractivity contribution in [3.63, 3.8) is 0 Å². The Kier molecular flexibility index (Phi) is 2.59. The van der Waals surface area contributed by atoms with E-state index in [0.29, 0.717) is 5.92 Å². The Morgan fingerprint density at radius 3 is 2.73 bits per heavy atom. The molecule has 1 heterocycles. The van der Waals surface area contributed by atoms with Crippen LogP contribution in [-0.2, 0) is 13.5 Å². The standard InChI is InChI=1S/C12H21N3/c1-9(2)11-10(14-8-15(11)3)4-5-12(13)6-7-12/h8-9H,4-7,13H2,1-3H3. The largest absolute Gasteiger partial charge is 0.337 e. The number of nitrogens with two attached hydrogens (primary N) is 1. The van der Waals surface area contributed by atoms with Crippen molar-refractivity contribution in [1.29, 1.82) is 0 Å². The quantitative estimate of drug-likeness (QED) is 0.820. The maximum Gasteiger partial charge on any atom is 0.0949 e. The van der Waals surface area contributed by atoms with Crippen molar-refractivity contribution in [3.8, 4) is 0 Å². The van der Waals surface area contributed by atoms with Gasteiger partial charge in [-0.05, 0) is 31.6 Å². The van der Waals surface area contributed by atoms with Gasteiger partial charge in [-0.15, -0.1) is 0 Å². The summed E-state index contributed by atoms with van der Waals surface area (Å²) in [6.07, 6.45) is 6.42. The van der Waals surface area contributed by atoms with Crippen molar-refractivity contribution >= 4 is 0 Å². The molecule has 2 rings (SSSR count). The van der Waals surface area contributed by atoms with Gasteiger partial charge in [-0.1, -0.05) is 13.8 Å². The van der Waals surface area contributed by atoms with Gasteiger partial charge in [0, 0.05) is 18.3 Å². The van der Waals surface area contributed by atoms with Gasteiger partial charge in [0.2, 0.25) is 0 Å². The lowest BCUT2D eigenvalue weighted by molar-refractivity contribution is 0.597. The third kappa shape index (κ3) is 2.23. The summed E-state index contributed by atoms with van der Waals surface area (Å²) in [6.45, 7) is 4.44. The van der Waals surface area contributed by atoms with E-state index in [1.54, 1.807) is 0 Å². The van der Waals surface area contributed by atoms with Crippen LogP contribution in [0.3, 0.4) is 0 Å². The summed E-state index contributed by atoms with van der Waals surface area (Å²) in [6, 6.07) is 0. The highest BCUT2D eigenvalue weighted by Gasteiger charge is 2.37. The molecule has 0 aliphatic heterocycles. The molecule has 2 N–H and O–H groups in total. The molecular weight excluding hydrogens is 186 g/mol. The smallest absolute Gasteiger partial charge is 0.0949 e. The van der Waals surface area contributed by atoms with Crippen LogP contribution in [0.5, 0.6) is 0 Å². The van der Waals surface area contributed by atoms with E-state index < -0.39 is 0 Å². The second-order valence-corrected chi connectivity index (χ2v) is 5.20. The van der Waals surface area contributed by atoms with Gasteiger partial charge in [0.1, 0.15) is 0 Å². The van der Waals surface area contributed by atoms with Crippen molar-refractivity contribution in [2.45, 2.75) is 51.0 Å². The first-order chi connectivity index (χ1) is 7.02. The van der Waals surface area contributed by atoms with Crippen LogP contribution < -0.4 is 5.73 Å². The minimum atomic E-state index is 0.145. The molecular formula is C12H21N3. The van der Waals surface area contributed by atoms with Gasteiger partial charge in [0.25, 0.3) is 0 Å². The summed E-state index contributed by atoms with van der Waals surface area (Å²) >= 11 is 0. The van der Waals surface area contributed by atoms with Crippen LogP contribution in [-0.4, -0.2) is 15.1 Å². The van der Waals surface area contributed by atoms with E-state index in [1.165, 1.54) is 24.2 Å². The van der Waals surface area contributed by atoms with Crippen molar-refractivity contribution in [2.24, 2.45) is 12.8 Å². The summed E-state index contributed by atoms with van der Waals surface area (Å²) in [5.41, 5.74) is 8.84. The first kappa shape index (κ1) is 10.7. The summed E-state index contributed by atoms with van der Waals surface area (Å²) in [7, 11) is 2.07. The molecule has 15 heavy (non-hydrogen) atoms. The van der Waals surface area contributed by atoms with Gasteiger partial charge in [0.15, 0.2) is 0 Å². The molecule has 0 amide bonds. The monoisotopic (exact) mass is 207 g/mol. The molecule has 84 valence electrons. The molecule has 0 atom stereocenters. The van der Waals surface area contributed by atoms with Crippen LogP contribution in [0.25, 0.3) is 0 Å². The Hall–Kier alpha value is -0.830. The molecule has 0 aromatic carbocycles. The summed E-state index contributed by atoms with van der Waals surface area (Å²) in [4.78, 5) is 4.48. The fraction of sp³-hybridized carbons (Fsp3) is 0.750. The molecule has 0 spiro atoms. The SMILES string of the molecule is CC(C)c1c(CCC2(N)CC2)ncn1C. The average Bonchev–Trinajstić information content (AvgIpc) is 2.76. The van der Waals surface area contributed by atoms with E-state index in [9.17, 15) is 0 Å². The Morgan fingerprint density at radius 1 is 1.53 bits per heavy atom. The van der Waals surface area contributed by atoms with Gasteiger partial charge in [-0.3, -0.25) is 0 Å². The Balaban J connectivity index is 2.07. The Bertz CT molecular complexity index is 348. The highest BCUT2D eigenvalue weighted by atomic mass is 15.0. The molecule has 3 nitrogen and oxygen atoms in total. The minimum absolute atomic E-state index is 0.145. The molecule has 0 bridgehead atoms. The zero-order valence-corrected chi connectivity index (χ0v) is 9.95. The number of imidazole rings is 1. The summed E-state index contributed by atoms with van der Waals surface area (Å²) in [5, 5.41) is 0. The van der Waals surface area contributed by atoms with Gasteiger partial charge < -0.3 is 10.3 Å². The van der Waals surface area contributed by atoms with E-state index in [1.807, 2.05) is 6.33 Å². The molecule has 1 saturated carbocycles. The molecule has 0 saturated heterocycles. The first-order valence-electron chi connectivity index (χ1n) is 5.81. The van der Waals surface area contributed by atoms with Crippen LogP contribution in [0.15, 0.2) is 6.33 Å². The molecule has 1 aliphatic carbocycles. The van der Waals surface area contributed by atoms with Crippen LogP contribution in [0.1, 0.15) is 50.4 Å². The number of aryl methyl sites for hydroxylation is 2. The third-order valence-corrected chi connectivity index (χ3v) is 3.36. The first-order valence-corrected chi connectivity index (χ1v) is 5.81. The third-order valence-electron chi connectivity index (χ3n) is 3.36. The number of aromatic nitrogens is 2. The molecule has 1 aromatic rings. The van der Waals surface area contributed by atoms with E-state index in [4.69, 9.17) is 5.73 Å². The fourth-order valence-electron chi connectivity index (χ4n) is 2.20. The predicted molar refractivity (Wildman–Crippen MR) is 61.8 cm³/mol. The lowest BCUT2D eigenvalue weighted by Gasteiger charge is -2.11. The normalized spacial score (nSPS) is 18.5. The molecule has 0 unspecified atom stereocenters. The Labute approximate surface area is 91.7 Å². The van der Waals surface area contributed by atoms with Crippen LogP contribution in [0.2, 0.25) is 0 Å². The molecule has 0 radical (unpaired) electrons. The number of nitrogens with zero attached hydrogens (tertiary/aromatic N) is 2. The topological polar surface area (TPSA) is 43.8 Å². The maximum absolute atomic E-state index is 6.09. The zero-order valence-electron chi connectivity index (χ0n) is 9.95. The van der Waals surface area contributed by atoms with Crippen molar-refractivity contribution in [2.75, 3.05) is 0 Å². The van der Waals surface area contributed by atoms with Crippen molar-refractivity contribution < 1.29 is 0 Å². The molecule has 3 heteroatoms. The van der Waals surface area contributed by atoms with Gasteiger partial charge in [-0.25, -0.2) is 4.98 Å². The minimum Gasteiger partial charge on any atom is -0.337 e. The summed E-state index contributed by atoms with van der Waals surface area (Å²) < 4.78 is 2.14. The highest BCUT2D eigenvalue weighted by Crippen LogP contribution is 2.36. The second-order valence-electron chi connectivity index (χ2n) is 5.20. The summed E-state index contributed by atoms with van der Waals surface area (Å²) in [5.74, 6) is 0.542. The molecule has 1 fully saturated rings. The predicted octanol–water partition coefficient (Wildman–Crippen LogP) is 1.97. The fourth-order valence-corrected chi connectivity index (χ4v) is 2.20. The van der Waals surface area contributed by atoms with Gasteiger partial charge >= 0.3 is 0 Å². The molecule has 1 aliphatic rings. The number of hydrogen-bond acceptors (Lipinski definition) is 2. The number of hydrogen-bond donors (Lipinski definition) is 1. The van der Waals surface area contributed by atoms with Crippen molar-refractivity contribution in [1.82, 2.24) is 9.55 Å². The Morgan fingerprint density at radius 2 is 2.20 bits per heavy atom. The van der Waals surface area contributed by atoms with E-state index >= 15 is 0 Å². The van der Waals surface area contributed by atoms with Crippen molar-refractivity contribution in [3.05, 3.63) is 17.7 Å². The second kappa shape index (κ2) is 3.63. The van der Waals surface area contributed by atoms with Crippen LogP contribution >= 0.6 is 0 Å². The maximum atomic E-state index is 6.09. The molecule has 1 aromatic heterocycles. The average molecular weight is 207 g/mol. The van der Waals surface area contributed by atoms with E-state index in [2.05, 4.69) is 30.4 Å². The van der Waals surface area contributed by atoms with Gasteiger partial charge in [-0.2, -0.15) is 0 Å². The van der Waals surface area contributed by atoms with Crippen LogP contribution in [0.4, 0.5) is 0 Å². The van der Waals surface area contributed by atoms with Gasteiger partial charge in [0.05, 0.1) is 12.0 Å². The number of rotatable bonds is 4. The van der Waals surface area contributed by atoms with E-state index in [0.717, 1.165) is 12.8 Å².